The van der Waals surface area contributed by atoms with Crippen LogP contribution in [0.3, 0.4) is 0 Å². The molecule has 1 fully saturated rings. The molecule has 2 amide bonds. The predicted molar refractivity (Wildman–Crippen MR) is 104 cm³/mol. The first-order valence-electron chi connectivity index (χ1n) is 8.97. The van der Waals surface area contributed by atoms with Crippen LogP contribution in [0.15, 0.2) is 24.3 Å². The number of anilines is 1. The van der Waals surface area contributed by atoms with Gasteiger partial charge in [0.25, 0.3) is 5.91 Å². The minimum atomic E-state index is -0.547. The fourth-order valence-corrected chi connectivity index (χ4v) is 3.27. The van der Waals surface area contributed by atoms with Crippen molar-refractivity contribution in [1.29, 1.82) is 0 Å². The number of carbonyl (C=O) groups is 2. The standard InChI is InChI=1S/C19H29N3O2.ClH/c1-3-9-16(20)18(23)21-17-13-8-7-12-15(17)19(24)22(2)14-10-5-4-6-11-14;/h7-8,12-14,16H,3-6,9-11,20H2,1-2H3,(H,21,23);1H. The molecule has 5 nitrogen and oxygen atoms in total. The molecule has 0 radical (unpaired) electrons. The lowest BCUT2D eigenvalue weighted by atomic mass is 9.94. The Bertz CT molecular complexity index is 574. The largest absolute Gasteiger partial charge is 0.339 e. The van der Waals surface area contributed by atoms with Crippen LogP contribution in [0.4, 0.5) is 5.69 Å². The molecular formula is C19H30ClN3O2. The fraction of sp³-hybridized carbons (Fsp3) is 0.579. The number of halogens is 1. The Hall–Kier alpha value is -1.59. The third kappa shape index (κ3) is 5.72. The first-order valence-corrected chi connectivity index (χ1v) is 8.97. The molecule has 0 aromatic heterocycles. The van der Waals surface area contributed by atoms with E-state index >= 15 is 0 Å². The lowest BCUT2D eigenvalue weighted by molar-refractivity contribution is -0.117. The molecule has 1 aromatic carbocycles. The summed E-state index contributed by atoms with van der Waals surface area (Å²) in [5.74, 6) is -0.278. The monoisotopic (exact) mass is 367 g/mol. The van der Waals surface area contributed by atoms with Crippen molar-refractivity contribution in [1.82, 2.24) is 4.90 Å². The lowest BCUT2D eigenvalue weighted by Gasteiger charge is -2.31. The summed E-state index contributed by atoms with van der Waals surface area (Å²) in [7, 11) is 1.86. The Morgan fingerprint density at radius 3 is 2.52 bits per heavy atom. The fourth-order valence-electron chi connectivity index (χ4n) is 3.27. The van der Waals surface area contributed by atoms with Gasteiger partial charge >= 0.3 is 0 Å². The van der Waals surface area contributed by atoms with Gasteiger partial charge in [-0.3, -0.25) is 9.59 Å². The Kier molecular flexibility index (Phi) is 8.93. The summed E-state index contributed by atoms with van der Waals surface area (Å²) >= 11 is 0. The summed E-state index contributed by atoms with van der Waals surface area (Å²) in [6.45, 7) is 1.99. The molecule has 1 saturated carbocycles. The minimum absolute atomic E-state index is 0. The number of rotatable bonds is 6. The van der Waals surface area contributed by atoms with E-state index in [0.717, 1.165) is 19.3 Å². The average molecular weight is 368 g/mol. The van der Waals surface area contributed by atoms with Crippen LogP contribution < -0.4 is 11.1 Å². The number of hydrogen-bond acceptors (Lipinski definition) is 3. The van der Waals surface area contributed by atoms with Crippen LogP contribution in [0, 0.1) is 0 Å². The molecule has 3 N–H and O–H groups in total. The quantitative estimate of drug-likeness (QED) is 0.806. The predicted octanol–water partition coefficient (Wildman–Crippen LogP) is 3.58. The van der Waals surface area contributed by atoms with Crippen molar-refractivity contribution in [3.63, 3.8) is 0 Å². The molecule has 6 heteroatoms. The maximum absolute atomic E-state index is 12.9. The number of hydrogen-bond donors (Lipinski definition) is 2. The first kappa shape index (κ1) is 21.5. The van der Waals surface area contributed by atoms with Crippen LogP contribution in [0.1, 0.15) is 62.2 Å². The van der Waals surface area contributed by atoms with Gasteiger partial charge < -0.3 is 16.0 Å². The molecule has 0 saturated heterocycles. The second-order valence-electron chi connectivity index (χ2n) is 6.64. The Morgan fingerprint density at radius 1 is 1.24 bits per heavy atom. The van der Waals surface area contributed by atoms with E-state index in [-0.39, 0.29) is 30.3 Å². The number of amides is 2. The van der Waals surface area contributed by atoms with Gasteiger partial charge in [0.2, 0.25) is 5.91 Å². The topological polar surface area (TPSA) is 75.4 Å². The number of nitrogens with zero attached hydrogens (tertiary/aromatic N) is 1. The van der Waals surface area contributed by atoms with Crippen LogP contribution >= 0.6 is 12.4 Å². The number of carbonyl (C=O) groups excluding carboxylic acids is 2. The molecule has 0 spiro atoms. The maximum Gasteiger partial charge on any atom is 0.255 e. The first-order chi connectivity index (χ1) is 11.5. The number of benzene rings is 1. The van der Waals surface area contributed by atoms with Crippen molar-refractivity contribution < 1.29 is 9.59 Å². The number of nitrogens with two attached hydrogens (primary N) is 1. The number of nitrogens with one attached hydrogen (secondary N) is 1. The Labute approximate surface area is 156 Å². The second kappa shape index (κ2) is 10.4. The van der Waals surface area contributed by atoms with Crippen molar-refractivity contribution in [3.05, 3.63) is 29.8 Å². The van der Waals surface area contributed by atoms with Crippen LogP contribution in [-0.2, 0) is 4.79 Å². The van der Waals surface area contributed by atoms with Crippen molar-refractivity contribution in [2.24, 2.45) is 5.73 Å². The van der Waals surface area contributed by atoms with Gasteiger partial charge in [-0.25, -0.2) is 0 Å². The zero-order chi connectivity index (χ0) is 17.5. The van der Waals surface area contributed by atoms with Crippen molar-refractivity contribution in [2.45, 2.75) is 64.0 Å². The van der Waals surface area contributed by atoms with Crippen LogP contribution in [-0.4, -0.2) is 35.8 Å². The summed E-state index contributed by atoms with van der Waals surface area (Å²) in [4.78, 5) is 26.9. The van der Waals surface area contributed by atoms with Gasteiger partial charge in [0.1, 0.15) is 0 Å². The van der Waals surface area contributed by atoms with Crippen molar-refractivity contribution >= 4 is 29.9 Å². The number of para-hydroxylation sites is 1. The molecule has 0 bridgehead atoms. The molecule has 1 aromatic rings. The molecule has 25 heavy (non-hydrogen) atoms. The van der Waals surface area contributed by atoms with Gasteiger partial charge in [0.15, 0.2) is 0 Å². The highest BCUT2D eigenvalue weighted by Crippen LogP contribution is 2.25. The van der Waals surface area contributed by atoms with Gasteiger partial charge in [-0.2, -0.15) is 0 Å². The molecule has 1 aliphatic rings. The van der Waals surface area contributed by atoms with E-state index in [1.807, 2.05) is 31.0 Å². The highest BCUT2D eigenvalue weighted by molar-refractivity contribution is 6.04. The second-order valence-corrected chi connectivity index (χ2v) is 6.64. The van der Waals surface area contributed by atoms with Gasteiger partial charge in [-0.1, -0.05) is 44.7 Å². The summed E-state index contributed by atoms with van der Waals surface area (Å²) in [5, 5.41) is 2.82. The summed E-state index contributed by atoms with van der Waals surface area (Å²) in [5.41, 5.74) is 6.94. The molecule has 1 atom stereocenters. The summed E-state index contributed by atoms with van der Waals surface area (Å²) in [6.07, 6.45) is 7.18. The van der Waals surface area contributed by atoms with Gasteiger partial charge in [-0.15, -0.1) is 12.4 Å². The Balaban J connectivity index is 0.00000312. The molecule has 1 unspecified atom stereocenters. The minimum Gasteiger partial charge on any atom is -0.339 e. The van der Waals surface area contributed by atoms with E-state index < -0.39 is 6.04 Å². The zero-order valence-electron chi connectivity index (χ0n) is 15.2. The van der Waals surface area contributed by atoms with Crippen molar-refractivity contribution in [3.8, 4) is 0 Å². The smallest absolute Gasteiger partial charge is 0.255 e. The molecule has 2 rings (SSSR count). The van der Waals surface area contributed by atoms with E-state index in [1.165, 1.54) is 19.3 Å². The third-order valence-electron chi connectivity index (χ3n) is 4.79. The van der Waals surface area contributed by atoms with Gasteiger partial charge in [0.05, 0.1) is 17.3 Å². The van der Waals surface area contributed by atoms with E-state index in [1.54, 1.807) is 12.1 Å². The Morgan fingerprint density at radius 2 is 1.88 bits per heavy atom. The SMILES string of the molecule is CCCC(N)C(=O)Nc1ccccc1C(=O)N(C)C1CCCCC1.Cl. The zero-order valence-corrected chi connectivity index (χ0v) is 16.0. The molecule has 1 aliphatic carbocycles. The van der Waals surface area contributed by atoms with E-state index in [2.05, 4.69) is 5.32 Å². The highest BCUT2D eigenvalue weighted by atomic mass is 35.5. The average Bonchev–Trinajstić information content (AvgIpc) is 2.62. The highest BCUT2D eigenvalue weighted by Gasteiger charge is 2.25. The summed E-state index contributed by atoms with van der Waals surface area (Å²) in [6, 6.07) is 6.91. The van der Waals surface area contributed by atoms with E-state index in [0.29, 0.717) is 17.7 Å². The van der Waals surface area contributed by atoms with Gasteiger partial charge in [-0.05, 0) is 31.4 Å². The lowest BCUT2D eigenvalue weighted by Crippen LogP contribution is -2.39. The maximum atomic E-state index is 12.9. The van der Waals surface area contributed by atoms with E-state index in [9.17, 15) is 9.59 Å². The summed E-state index contributed by atoms with van der Waals surface area (Å²) < 4.78 is 0. The molecule has 0 aliphatic heterocycles. The molecular weight excluding hydrogens is 338 g/mol. The third-order valence-corrected chi connectivity index (χ3v) is 4.79. The van der Waals surface area contributed by atoms with Crippen LogP contribution in [0.5, 0.6) is 0 Å². The van der Waals surface area contributed by atoms with Gasteiger partial charge in [0, 0.05) is 13.1 Å². The van der Waals surface area contributed by atoms with E-state index in [4.69, 9.17) is 5.73 Å². The van der Waals surface area contributed by atoms with Crippen LogP contribution in [0.25, 0.3) is 0 Å². The normalized spacial score (nSPS) is 15.8. The molecule has 0 heterocycles. The van der Waals surface area contributed by atoms with Crippen molar-refractivity contribution in [2.75, 3.05) is 12.4 Å². The van der Waals surface area contributed by atoms with Crippen LogP contribution in [0.2, 0.25) is 0 Å². The molecule has 140 valence electrons.